The summed E-state index contributed by atoms with van der Waals surface area (Å²) in [6.07, 6.45) is -0.910. The smallest absolute Gasteiger partial charge is 0.344 e. The minimum atomic E-state index is -4.41. The number of aryl methyl sites for hydroxylation is 1. The largest absolute Gasteiger partial charge is 0.416 e. The van der Waals surface area contributed by atoms with Gasteiger partial charge in [0.05, 0.1) is 22.5 Å². The van der Waals surface area contributed by atoms with Crippen LogP contribution in [0.2, 0.25) is 5.15 Å². The quantitative estimate of drug-likeness (QED) is 0.551. The van der Waals surface area contributed by atoms with Gasteiger partial charge < -0.3 is 9.97 Å². The van der Waals surface area contributed by atoms with Crippen molar-refractivity contribution in [1.29, 1.82) is 0 Å². The molecule has 0 aliphatic carbocycles. The summed E-state index contributed by atoms with van der Waals surface area (Å²) >= 11 is 6.28. The van der Waals surface area contributed by atoms with E-state index in [4.69, 9.17) is 11.6 Å². The normalized spacial score (nSPS) is 14.5. The predicted molar refractivity (Wildman–Crippen MR) is 115 cm³/mol. The molecule has 1 aliphatic rings. The lowest BCUT2D eigenvalue weighted by molar-refractivity contribution is -0.137. The summed E-state index contributed by atoms with van der Waals surface area (Å²) in [7, 11) is 0. The van der Waals surface area contributed by atoms with E-state index in [1.165, 1.54) is 12.1 Å². The second-order valence-electron chi connectivity index (χ2n) is 7.93. The second-order valence-corrected chi connectivity index (χ2v) is 8.29. The van der Waals surface area contributed by atoms with Gasteiger partial charge in [0.1, 0.15) is 11.6 Å². The SMILES string of the molecule is CCCCc1nc(Cl)c(CN2CCc3nc(-c4ccc(C(F)(F)F)cc4)[nH]c(=O)c3C2)[nH]1. The molecule has 0 saturated heterocycles. The van der Waals surface area contributed by atoms with Gasteiger partial charge in [-0.15, -0.1) is 0 Å². The highest BCUT2D eigenvalue weighted by atomic mass is 35.5. The van der Waals surface area contributed by atoms with E-state index >= 15 is 0 Å². The maximum atomic E-state index is 12.8. The van der Waals surface area contributed by atoms with E-state index in [1.807, 2.05) is 0 Å². The van der Waals surface area contributed by atoms with Crippen LogP contribution in [0.1, 0.15) is 48.1 Å². The van der Waals surface area contributed by atoms with Crippen LogP contribution in [0.5, 0.6) is 0 Å². The number of alkyl halides is 3. The van der Waals surface area contributed by atoms with Crippen LogP contribution in [0, 0.1) is 0 Å². The summed E-state index contributed by atoms with van der Waals surface area (Å²) in [4.78, 5) is 29.7. The number of nitrogens with one attached hydrogen (secondary N) is 2. The fourth-order valence-electron chi connectivity index (χ4n) is 3.80. The Labute approximate surface area is 187 Å². The third-order valence-electron chi connectivity index (χ3n) is 5.56. The van der Waals surface area contributed by atoms with E-state index in [0.29, 0.717) is 48.0 Å². The van der Waals surface area contributed by atoms with Crippen LogP contribution in [-0.2, 0) is 32.1 Å². The Bertz CT molecular complexity index is 1150. The van der Waals surface area contributed by atoms with Gasteiger partial charge in [0, 0.05) is 38.0 Å². The number of unbranched alkanes of at least 4 members (excludes halogenated alkanes) is 1. The molecule has 1 aliphatic heterocycles. The average molecular weight is 466 g/mol. The number of aromatic amines is 2. The monoisotopic (exact) mass is 465 g/mol. The van der Waals surface area contributed by atoms with Gasteiger partial charge in [0.15, 0.2) is 5.15 Å². The summed E-state index contributed by atoms with van der Waals surface area (Å²) in [6.45, 7) is 3.74. The molecule has 2 aromatic heterocycles. The van der Waals surface area contributed by atoms with E-state index in [0.717, 1.165) is 42.9 Å². The summed E-state index contributed by atoms with van der Waals surface area (Å²) in [5, 5.41) is 0.451. The minimum Gasteiger partial charge on any atom is -0.344 e. The molecule has 1 aromatic carbocycles. The Hall–Kier alpha value is -2.65. The van der Waals surface area contributed by atoms with E-state index in [9.17, 15) is 18.0 Å². The average Bonchev–Trinajstić information content (AvgIpc) is 3.11. The third-order valence-corrected chi connectivity index (χ3v) is 5.87. The van der Waals surface area contributed by atoms with Crippen molar-refractivity contribution in [1.82, 2.24) is 24.8 Å². The molecular formula is C22H23ClF3N5O. The first-order chi connectivity index (χ1) is 15.2. The number of hydrogen-bond acceptors (Lipinski definition) is 4. The molecule has 3 heterocycles. The van der Waals surface area contributed by atoms with Crippen LogP contribution in [0.3, 0.4) is 0 Å². The van der Waals surface area contributed by atoms with Crippen LogP contribution < -0.4 is 5.56 Å². The fraction of sp³-hybridized carbons (Fsp3) is 0.409. The molecule has 0 spiro atoms. The van der Waals surface area contributed by atoms with Gasteiger partial charge >= 0.3 is 6.18 Å². The molecule has 0 bridgehead atoms. The zero-order valence-corrected chi connectivity index (χ0v) is 18.3. The highest BCUT2D eigenvalue weighted by Crippen LogP contribution is 2.30. The lowest BCUT2D eigenvalue weighted by Gasteiger charge is -2.27. The highest BCUT2D eigenvalue weighted by Gasteiger charge is 2.30. The fourth-order valence-corrected chi connectivity index (χ4v) is 4.01. The van der Waals surface area contributed by atoms with Crippen LogP contribution in [-0.4, -0.2) is 31.4 Å². The number of rotatable bonds is 6. The van der Waals surface area contributed by atoms with Crippen LogP contribution in [0.4, 0.5) is 13.2 Å². The second kappa shape index (κ2) is 9.07. The van der Waals surface area contributed by atoms with E-state index in [1.54, 1.807) is 0 Å². The number of fused-ring (bicyclic) bond motifs is 1. The first-order valence-corrected chi connectivity index (χ1v) is 10.9. The van der Waals surface area contributed by atoms with Crippen molar-refractivity contribution in [3.8, 4) is 11.4 Å². The van der Waals surface area contributed by atoms with Gasteiger partial charge in [-0.2, -0.15) is 13.2 Å². The predicted octanol–water partition coefficient (Wildman–Crippen LogP) is 4.73. The number of halogens is 4. The van der Waals surface area contributed by atoms with Crippen molar-refractivity contribution in [2.45, 2.75) is 51.9 Å². The highest BCUT2D eigenvalue weighted by molar-refractivity contribution is 6.30. The molecule has 0 unspecified atom stereocenters. The van der Waals surface area contributed by atoms with Gasteiger partial charge in [0.2, 0.25) is 0 Å². The van der Waals surface area contributed by atoms with E-state index < -0.39 is 11.7 Å². The lowest BCUT2D eigenvalue weighted by Crippen LogP contribution is -2.35. The maximum absolute atomic E-state index is 12.8. The molecule has 32 heavy (non-hydrogen) atoms. The molecule has 4 rings (SSSR count). The van der Waals surface area contributed by atoms with Crippen LogP contribution in [0.25, 0.3) is 11.4 Å². The number of imidazole rings is 1. The van der Waals surface area contributed by atoms with Crippen molar-refractivity contribution in [3.05, 3.63) is 68.1 Å². The Kier molecular flexibility index (Phi) is 6.39. The Morgan fingerprint density at radius 1 is 1.16 bits per heavy atom. The van der Waals surface area contributed by atoms with Crippen molar-refractivity contribution < 1.29 is 13.2 Å². The first-order valence-electron chi connectivity index (χ1n) is 10.5. The number of H-pyrrole nitrogens is 2. The van der Waals surface area contributed by atoms with Gasteiger partial charge in [-0.1, -0.05) is 37.1 Å². The number of hydrogen-bond donors (Lipinski definition) is 2. The molecule has 2 N–H and O–H groups in total. The molecule has 6 nitrogen and oxygen atoms in total. The molecular weight excluding hydrogens is 443 g/mol. The van der Waals surface area contributed by atoms with Crippen molar-refractivity contribution >= 4 is 11.6 Å². The molecule has 0 fully saturated rings. The standard InChI is InChI=1S/C22H23ClF3N5O/c1-2-3-4-18-27-17(19(23)29-18)12-31-10-9-16-15(11-31)21(32)30-20(28-16)13-5-7-14(8-6-13)22(24,25)26/h5-8H,2-4,9-12H2,1H3,(H,27,29)(H,28,30,32). The van der Waals surface area contributed by atoms with E-state index in [2.05, 4.69) is 31.8 Å². The van der Waals surface area contributed by atoms with Crippen molar-refractivity contribution in [2.75, 3.05) is 6.54 Å². The maximum Gasteiger partial charge on any atom is 0.416 e. The first kappa shape index (κ1) is 22.5. The molecule has 0 atom stereocenters. The molecule has 0 saturated carbocycles. The Balaban J connectivity index is 1.50. The summed E-state index contributed by atoms with van der Waals surface area (Å²) in [5.41, 5.74) is 1.46. The topological polar surface area (TPSA) is 77.7 Å². The minimum absolute atomic E-state index is 0.271. The van der Waals surface area contributed by atoms with Gasteiger partial charge in [0.25, 0.3) is 5.56 Å². The van der Waals surface area contributed by atoms with E-state index in [-0.39, 0.29) is 11.4 Å². The van der Waals surface area contributed by atoms with Gasteiger partial charge in [-0.05, 0) is 18.6 Å². The molecule has 170 valence electrons. The third kappa shape index (κ3) is 4.88. The Morgan fingerprint density at radius 3 is 2.59 bits per heavy atom. The number of benzene rings is 1. The molecule has 0 radical (unpaired) electrons. The zero-order valence-electron chi connectivity index (χ0n) is 17.5. The number of nitrogens with zero attached hydrogens (tertiary/aromatic N) is 3. The summed E-state index contributed by atoms with van der Waals surface area (Å²) < 4.78 is 38.4. The summed E-state index contributed by atoms with van der Waals surface area (Å²) in [5.74, 6) is 1.14. The van der Waals surface area contributed by atoms with Crippen molar-refractivity contribution in [2.24, 2.45) is 0 Å². The van der Waals surface area contributed by atoms with Gasteiger partial charge in [-0.3, -0.25) is 9.69 Å². The summed E-state index contributed by atoms with van der Waals surface area (Å²) in [6, 6.07) is 4.61. The molecule has 3 aromatic rings. The van der Waals surface area contributed by atoms with Gasteiger partial charge in [-0.25, -0.2) is 9.97 Å². The zero-order chi connectivity index (χ0) is 22.9. The molecule has 0 amide bonds. The van der Waals surface area contributed by atoms with Crippen LogP contribution in [0.15, 0.2) is 29.1 Å². The van der Waals surface area contributed by atoms with Crippen molar-refractivity contribution in [3.63, 3.8) is 0 Å². The van der Waals surface area contributed by atoms with Crippen LogP contribution >= 0.6 is 11.6 Å². The Morgan fingerprint density at radius 2 is 1.91 bits per heavy atom. The lowest BCUT2D eigenvalue weighted by atomic mass is 10.1. The number of aromatic nitrogens is 4. The molecule has 10 heteroatoms.